The average Bonchev–Trinajstić information content (AvgIpc) is 2.60. The van der Waals surface area contributed by atoms with Crippen LogP contribution in [0.3, 0.4) is 0 Å². The summed E-state index contributed by atoms with van der Waals surface area (Å²) in [4.78, 5) is 27.9. The minimum absolute atomic E-state index is 0.405. The van der Waals surface area contributed by atoms with E-state index in [1.54, 1.807) is 0 Å². The topological polar surface area (TPSA) is 79.3 Å². The van der Waals surface area contributed by atoms with Gasteiger partial charge in [0.2, 0.25) is 0 Å². The van der Waals surface area contributed by atoms with Crippen molar-refractivity contribution in [2.24, 2.45) is 0 Å². The number of hydrogen-bond acceptors (Lipinski definition) is 5. The van der Waals surface area contributed by atoms with E-state index in [9.17, 15) is 18.0 Å². The number of carboxylic acid groups (broad SMARTS) is 1. The standard InChI is InChI=1S/C10H20N2O3.C2HF3O2.CHCl3/c1-10(2,3)15-9(13)12-6-5-11(4)7-8-14-12;3-2(4,5)1(6)7;2-1(3)4/h5-8H2,1-4H3;(H,6,7);1H. The van der Waals surface area contributed by atoms with Crippen molar-refractivity contribution in [2.45, 2.75) is 36.8 Å². The van der Waals surface area contributed by atoms with Crippen molar-refractivity contribution in [1.82, 2.24) is 9.96 Å². The zero-order chi connectivity index (χ0) is 21.1. The third kappa shape index (κ3) is 18.1. The highest BCUT2D eigenvalue weighted by Crippen LogP contribution is 2.13. The second-order valence-electron chi connectivity index (χ2n) is 5.77. The maximum absolute atomic E-state index is 11.6. The van der Waals surface area contributed by atoms with Crippen LogP contribution < -0.4 is 0 Å². The first-order valence-corrected chi connectivity index (χ1v) is 8.41. The Morgan fingerprint density at radius 3 is 1.88 bits per heavy atom. The Labute approximate surface area is 164 Å². The molecule has 1 N–H and O–H groups in total. The van der Waals surface area contributed by atoms with Crippen LogP contribution in [-0.2, 0) is 14.4 Å². The Balaban J connectivity index is 0. The van der Waals surface area contributed by atoms with Crippen molar-refractivity contribution in [3.05, 3.63) is 0 Å². The fourth-order valence-electron chi connectivity index (χ4n) is 1.20. The van der Waals surface area contributed by atoms with Crippen LogP contribution in [0.4, 0.5) is 18.0 Å². The molecule has 156 valence electrons. The van der Waals surface area contributed by atoms with E-state index in [1.807, 2.05) is 27.8 Å². The highest BCUT2D eigenvalue weighted by atomic mass is 35.6. The van der Waals surface area contributed by atoms with Gasteiger partial charge < -0.3 is 14.7 Å². The number of rotatable bonds is 0. The Hall–Kier alpha value is -0.680. The van der Waals surface area contributed by atoms with E-state index in [4.69, 9.17) is 54.3 Å². The second kappa shape index (κ2) is 12.7. The number of amides is 1. The molecule has 1 saturated heterocycles. The molecule has 1 fully saturated rings. The summed E-state index contributed by atoms with van der Waals surface area (Å²) in [6.07, 6.45) is -5.49. The van der Waals surface area contributed by atoms with Gasteiger partial charge in [0.25, 0.3) is 0 Å². The summed E-state index contributed by atoms with van der Waals surface area (Å²) in [7, 11) is 2.00. The fourth-order valence-corrected chi connectivity index (χ4v) is 1.20. The molecule has 13 heteroatoms. The molecule has 0 unspecified atom stereocenters. The third-order valence-electron chi connectivity index (χ3n) is 2.24. The van der Waals surface area contributed by atoms with Gasteiger partial charge in [-0.15, -0.1) is 0 Å². The molecule has 26 heavy (non-hydrogen) atoms. The molecule has 1 heterocycles. The maximum atomic E-state index is 11.6. The van der Waals surface area contributed by atoms with E-state index in [0.29, 0.717) is 13.2 Å². The number of carbonyl (C=O) groups excluding carboxylic acids is 1. The van der Waals surface area contributed by atoms with E-state index in [-0.39, 0.29) is 0 Å². The van der Waals surface area contributed by atoms with Gasteiger partial charge in [0.1, 0.15) is 5.60 Å². The van der Waals surface area contributed by atoms with Crippen LogP contribution in [0.5, 0.6) is 0 Å². The molecule has 0 aromatic carbocycles. The summed E-state index contributed by atoms with van der Waals surface area (Å²) in [6.45, 7) is 8.23. The Morgan fingerprint density at radius 1 is 1.12 bits per heavy atom. The van der Waals surface area contributed by atoms with Crippen molar-refractivity contribution >= 4 is 46.9 Å². The van der Waals surface area contributed by atoms with Gasteiger partial charge in [-0.3, -0.25) is 4.84 Å². The minimum Gasteiger partial charge on any atom is -0.475 e. The van der Waals surface area contributed by atoms with Crippen molar-refractivity contribution in [3.63, 3.8) is 0 Å². The quantitative estimate of drug-likeness (QED) is 0.568. The van der Waals surface area contributed by atoms with Crippen LogP contribution in [0.2, 0.25) is 0 Å². The summed E-state index contributed by atoms with van der Waals surface area (Å²) >= 11 is 14.4. The molecule has 0 saturated carbocycles. The Kier molecular flexibility index (Phi) is 13.4. The van der Waals surface area contributed by atoms with Crippen LogP contribution in [-0.4, -0.2) is 76.5 Å². The normalized spacial score (nSPS) is 15.9. The van der Waals surface area contributed by atoms with Crippen molar-refractivity contribution < 1.29 is 37.4 Å². The lowest BCUT2D eigenvalue weighted by Crippen LogP contribution is -2.38. The number of aliphatic carboxylic acids is 1. The highest BCUT2D eigenvalue weighted by Gasteiger charge is 2.38. The maximum Gasteiger partial charge on any atom is 0.490 e. The van der Waals surface area contributed by atoms with Gasteiger partial charge >= 0.3 is 18.2 Å². The van der Waals surface area contributed by atoms with Crippen LogP contribution in [0.1, 0.15) is 20.8 Å². The number of hydroxylamine groups is 2. The number of ether oxygens (including phenoxy) is 1. The van der Waals surface area contributed by atoms with Gasteiger partial charge in [-0.05, 0) is 27.8 Å². The molecule has 0 radical (unpaired) electrons. The largest absolute Gasteiger partial charge is 0.490 e. The number of likely N-dealkylation sites (N-methyl/N-ethyl adjacent to an activating group) is 1. The van der Waals surface area contributed by atoms with Crippen LogP contribution in [0.25, 0.3) is 0 Å². The van der Waals surface area contributed by atoms with Crippen molar-refractivity contribution in [3.8, 4) is 0 Å². The van der Waals surface area contributed by atoms with Gasteiger partial charge in [0.05, 0.1) is 13.2 Å². The summed E-state index contributed by atoms with van der Waals surface area (Å²) < 4.78 is 36.2. The van der Waals surface area contributed by atoms with Crippen molar-refractivity contribution in [1.29, 1.82) is 0 Å². The van der Waals surface area contributed by atoms with Gasteiger partial charge in [-0.2, -0.15) is 18.2 Å². The molecule has 0 spiro atoms. The van der Waals surface area contributed by atoms with Gasteiger partial charge in [0, 0.05) is 13.1 Å². The molecule has 1 rings (SSSR count). The van der Waals surface area contributed by atoms with E-state index in [1.165, 1.54) is 5.06 Å². The smallest absolute Gasteiger partial charge is 0.475 e. The number of carboxylic acids is 1. The summed E-state index contributed by atoms with van der Waals surface area (Å²) in [5.74, 6) is -2.76. The molecule has 0 aliphatic carbocycles. The molecular weight excluding hydrogens is 428 g/mol. The number of halogens is 6. The van der Waals surface area contributed by atoms with E-state index < -0.39 is 28.1 Å². The van der Waals surface area contributed by atoms with Gasteiger partial charge in [-0.25, -0.2) is 9.59 Å². The zero-order valence-corrected chi connectivity index (χ0v) is 16.9. The van der Waals surface area contributed by atoms with E-state index >= 15 is 0 Å². The second-order valence-corrected chi connectivity index (χ2v) is 7.75. The lowest BCUT2D eigenvalue weighted by Gasteiger charge is -2.25. The Morgan fingerprint density at radius 2 is 1.54 bits per heavy atom. The number of nitrogens with zero attached hydrogens (tertiary/aromatic N) is 2. The predicted molar refractivity (Wildman–Crippen MR) is 91.4 cm³/mol. The zero-order valence-electron chi connectivity index (χ0n) is 14.6. The number of carbonyl (C=O) groups is 2. The summed E-state index contributed by atoms with van der Waals surface area (Å²) in [5.41, 5.74) is -0.474. The first-order chi connectivity index (χ1) is 11.6. The molecule has 0 aromatic heterocycles. The molecule has 1 aliphatic heterocycles. The molecular formula is C13H22Cl3F3N2O5. The molecule has 7 nitrogen and oxygen atoms in total. The summed E-state index contributed by atoms with van der Waals surface area (Å²) in [5, 5.41) is 8.43. The molecule has 1 aliphatic rings. The minimum atomic E-state index is -5.08. The van der Waals surface area contributed by atoms with Crippen LogP contribution in [0.15, 0.2) is 0 Å². The lowest BCUT2D eigenvalue weighted by atomic mass is 10.2. The average molecular weight is 450 g/mol. The summed E-state index contributed by atoms with van der Waals surface area (Å²) in [6, 6.07) is 0. The van der Waals surface area contributed by atoms with Gasteiger partial charge in [-0.1, -0.05) is 34.8 Å². The van der Waals surface area contributed by atoms with E-state index in [2.05, 4.69) is 4.90 Å². The van der Waals surface area contributed by atoms with Crippen LogP contribution in [0, 0.1) is 0 Å². The SMILES string of the molecule is CN1CCON(C(=O)OC(C)(C)C)CC1.ClC(Cl)Cl.O=C(O)C(F)(F)F. The van der Waals surface area contributed by atoms with Crippen LogP contribution >= 0.6 is 34.8 Å². The van der Waals surface area contributed by atoms with Gasteiger partial charge in [0.15, 0.2) is 4.30 Å². The monoisotopic (exact) mass is 448 g/mol. The number of alkyl halides is 6. The lowest BCUT2D eigenvalue weighted by molar-refractivity contribution is -0.192. The highest BCUT2D eigenvalue weighted by molar-refractivity contribution is 6.63. The molecule has 1 amide bonds. The van der Waals surface area contributed by atoms with Crippen molar-refractivity contribution in [2.75, 3.05) is 33.3 Å². The first kappa shape index (κ1) is 27.5. The number of hydrogen-bond donors (Lipinski definition) is 1. The molecule has 0 aromatic rings. The third-order valence-corrected chi connectivity index (χ3v) is 2.24. The molecule has 0 bridgehead atoms. The molecule has 0 atom stereocenters. The van der Waals surface area contributed by atoms with E-state index in [0.717, 1.165) is 13.1 Å². The predicted octanol–water partition coefficient (Wildman–Crippen LogP) is 3.72. The fraction of sp³-hybridized carbons (Fsp3) is 0.846. The Bertz CT molecular complexity index is 431. The first-order valence-electron chi connectivity index (χ1n) is 7.10.